The van der Waals surface area contributed by atoms with Crippen LogP contribution in [0, 0.1) is 17.2 Å². The lowest BCUT2D eigenvalue weighted by atomic mass is 9.99. The molecule has 2 N–H and O–H groups in total. The second-order valence-electron chi connectivity index (χ2n) is 3.45. The fourth-order valence-electron chi connectivity index (χ4n) is 1.13. The van der Waals surface area contributed by atoms with E-state index < -0.39 is 0 Å². The maximum absolute atomic E-state index is 8.50. The molecule has 0 aliphatic rings. The van der Waals surface area contributed by atoms with Crippen molar-refractivity contribution in [2.45, 2.75) is 26.3 Å². The van der Waals surface area contributed by atoms with Gasteiger partial charge in [-0.15, -0.1) is 11.3 Å². The van der Waals surface area contributed by atoms with Crippen LogP contribution in [-0.2, 0) is 6.42 Å². The van der Waals surface area contributed by atoms with E-state index in [0.29, 0.717) is 12.3 Å². The highest BCUT2D eigenvalue weighted by Gasteiger charge is 2.11. The molecule has 70 valence electrons. The fraction of sp³-hybridized carbons (Fsp3) is 0.500. The first-order valence-corrected chi connectivity index (χ1v) is 5.23. The molecule has 1 aromatic heterocycles. The maximum atomic E-state index is 8.50. The van der Waals surface area contributed by atoms with Crippen LogP contribution < -0.4 is 5.73 Å². The van der Waals surface area contributed by atoms with Crippen molar-refractivity contribution >= 4 is 11.3 Å². The molecule has 3 heteroatoms. The van der Waals surface area contributed by atoms with Gasteiger partial charge in [-0.2, -0.15) is 5.26 Å². The van der Waals surface area contributed by atoms with Gasteiger partial charge in [0, 0.05) is 10.9 Å². The second-order valence-corrected chi connectivity index (χ2v) is 4.45. The molecule has 0 saturated heterocycles. The zero-order chi connectivity index (χ0) is 9.84. The standard InChI is InChI=1S/C10H14N2S/c1-7(2)10(12)8-5-9(3-4-11)13-6-8/h5-7,10H,3,12H2,1-2H3. The van der Waals surface area contributed by atoms with Gasteiger partial charge in [-0.3, -0.25) is 0 Å². The van der Waals surface area contributed by atoms with Crippen LogP contribution in [0.1, 0.15) is 30.3 Å². The molecule has 2 nitrogen and oxygen atoms in total. The van der Waals surface area contributed by atoms with Crippen molar-refractivity contribution < 1.29 is 0 Å². The Bertz CT molecular complexity index is 309. The molecular weight excluding hydrogens is 180 g/mol. The van der Waals surface area contributed by atoms with Gasteiger partial charge in [0.25, 0.3) is 0 Å². The predicted octanol–water partition coefficient (Wildman–Crippen LogP) is 2.47. The van der Waals surface area contributed by atoms with Crippen molar-refractivity contribution in [3.8, 4) is 6.07 Å². The summed E-state index contributed by atoms with van der Waals surface area (Å²) in [5, 5.41) is 10.6. The summed E-state index contributed by atoms with van der Waals surface area (Å²) in [4.78, 5) is 1.11. The molecule has 0 bridgehead atoms. The van der Waals surface area contributed by atoms with Crippen molar-refractivity contribution in [3.63, 3.8) is 0 Å². The van der Waals surface area contributed by atoms with Crippen LogP contribution in [0.4, 0.5) is 0 Å². The van der Waals surface area contributed by atoms with Crippen molar-refractivity contribution in [1.82, 2.24) is 0 Å². The quantitative estimate of drug-likeness (QED) is 0.803. The summed E-state index contributed by atoms with van der Waals surface area (Å²) in [5.41, 5.74) is 7.13. The van der Waals surface area contributed by atoms with E-state index in [-0.39, 0.29) is 6.04 Å². The first kappa shape index (κ1) is 10.2. The van der Waals surface area contributed by atoms with Gasteiger partial charge in [0.15, 0.2) is 0 Å². The molecule has 0 aliphatic carbocycles. The monoisotopic (exact) mass is 194 g/mol. The van der Waals surface area contributed by atoms with Crippen LogP contribution in [0.2, 0.25) is 0 Å². The van der Waals surface area contributed by atoms with E-state index in [1.54, 1.807) is 11.3 Å². The highest BCUT2D eigenvalue weighted by atomic mass is 32.1. The van der Waals surface area contributed by atoms with Crippen molar-refractivity contribution in [2.24, 2.45) is 11.7 Å². The van der Waals surface area contributed by atoms with Gasteiger partial charge >= 0.3 is 0 Å². The molecule has 0 aliphatic heterocycles. The Hall–Kier alpha value is -0.850. The lowest BCUT2D eigenvalue weighted by Crippen LogP contribution is -2.15. The maximum Gasteiger partial charge on any atom is 0.0695 e. The van der Waals surface area contributed by atoms with Crippen LogP contribution in [-0.4, -0.2) is 0 Å². The Labute approximate surface area is 83.0 Å². The average Bonchev–Trinajstić information content (AvgIpc) is 2.52. The van der Waals surface area contributed by atoms with Gasteiger partial charge in [-0.25, -0.2) is 0 Å². The van der Waals surface area contributed by atoms with E-state index in [1.165, 1.54) is 0 Å². The van der Waals surface area contributed by atoms with E-state index in [9.17, 15) is 0 Å². The smallest absolute Gasteiger partial charge is 0.0695 e. The Kier molecular flexibility index (Phi) is 3.47. The number of nitrogens with two attached hydrogens (primary N) is 1. The first-order chi connectivity index (χ1) is 6.15. The third-order valence-electron chi connectivity index (χ3n) is 2.03. The van der Waals surface area contributed by atoms with E-state index in [0.717, 1.165) is 10.4 Å². The lowest BCUT2D eigenvalue weighted by Gasteiger charge is -2.13. The molecule has 1 heterocycles. The van der Waals surface area contributed by atoms with Crippen molar-refractivity contribution in [2.75, 3.05) is 0 Å². The summed E-state index contributed by atoms with van der Waals surface area (Å²) >= 11 is 1.62. The summed E-state index contributed by atoms with van der Waals surface area (Å²) in [6.45, 7) is 4.21. The molecule has 1 unspecified atom stereocenters. The van der Waals surface area contributed by atoms with Gasteiger partial charge in [-0.05, 0) is 22.9 Å². The molecular formula is C10H14N2S. The summed E-state index contributed by atoms with van der Waals surface area (Å²) < 4.78 is 0. The van der Waals surface area contributed by atoms with E-state index in [2.05, 4.69) is 25.3 Å². The van der Waals surface area contributed by atoms with Gasteiger partial charge < -0.3 is 5.73 Å². The molecule has 1 atom stereocenters. The van der Waals surface area contributed by atoms with E-state index in [4.69, 9.17) is 11.0 Å². The zero-order valence-electron chi connectivity index (χ0n) is 7.95. The van der Waals surface area contributed by atoms with Gasteiger partial charge in [0.2, 0.25) is 0 Å². The second kappa shape index (κ2) is 4.40. The van der Waals surface area contributed by atoms with Gasteiger partial charge in [0.1, 0.15) is 0 Å². The summed E-state index contributed by atoms with van der Waals surface area (Å²) in [6.07, 6.45) is 0.496. The van der Waals surface area contributed by atoms with Crippen LogP contribution in [0.25, 0.3) is 0 Å². The average molecular weight is 194 g/mol. The fourth-order valence-corrected chi connectivity index (χ4v) is 1.99. The molecule has 1 rings (SSSR count). The number of nitriles is 1. The van der Waals surface area contributed by atoms with Gasteiger partial charge in [0.05, 0.1) is 12.5 Å². The normalized spacial score (nSPS) is 12.8. The largest absolute Gasteiger partial charge is 0.324 e. The van der Waals surface area contributed by atoms with Crippen LogP contribution >= 0.6 is 11.3 Å². The molecule has 0 aromatic carbocycles. The highest BCUT2D eigenvalue weighted by molar-refractivity contribution is 7.10. The summed E-state index contributed by atoms with van der Waals surface area (Å²) in [6, 6.07) is 4.28. The lowest BCUT2D eigenvalue weighted by molar-refractivity contribution is 0.515. The summed E-state index contributed by atoms with van der Waals surface area (Å²) in [7, 11) is 0. The first-order valence-electron chi connectivity index (χ1n) is 4.35. The zero-order valence-corrected chi connectivity index (χ0v) is 8.77. The molecule has 1 aromatic rings. The molecule has 0 fully saturated rings. The van der Waals surface area contributed by atoms with Crippen LogP contribution in [0.5, 0.6) is 0 Å². The van der Waals surface area contributed by atoms with Gasteiger partial charge in [-0.1, -0.05) is 13.8 Å². The SMILES string of the molecule is CC(C)C(N)c1csc(CC#N)c1. The van der Waals surface area contributed by atoms with Crippen LogP contribution in [0.15, 0.2) is 11.4 Å². The molecule has 0 amide bonds. The molecule has 0 radical (unpaired) electrons. The Morgan fingerprint density at radius 3 is 2.85 bits per heavy atom. The minimum absolute atomic E-state index is 0.101. The molecule has 0 spiro atoms. The predicted molar refractivity (Wildman–Crippen MR) is 55.4 cm³/mol. The number of nitrogens with zero attached hydrogens (tertiary/aromatic N) is 1. The van der Waals surface area contributed by atoms with Crippen LogP contribution in [0.3, 0.4) is 0 Å². The molecule has 13 heavy (non-hydrogen) atoms. The number of rotatable bonds is 3. The van der Waals surface area contributed by atoms with Crippen molar-refractivity contribution in [3.05, 3.63) is 21.9 Å². The number of hydrogen-bond acceptors (Lipinski definition) is 3. The van der Waals surface area contributed by atoms with E-state index >= 15 is 0 Å². The topological polar surface area (TPSA) is 49.8 Å². The molecule has 0 saturated carbocycles. The number of hydrogen-bond donors (Lipinski definition) is 1. The highest BCUT2D eigenvalue weighted by Crippen LogP contribution is 2.24. The number of thiophene rings is 1. The minimum atomic E-state index is 0.101. The summed E-state index contributed by atoms with van der Waals surface area (Å²) in [5.74, 6) is 0.449. The Balaban J connectivity index is 2.74. The third-order valence-corrected chi connectivity index (χ3v) is 2.99. The van der Waals surface area contributed by atoms with E-state index in [1.807, 2.05) is 6.07 Å². The van der Waals surface area contributed by atoms with Crippen molar-refractivity contribution in [1.29, 1.82) is 5.26 Å². The third kappa shape index (κ3) is 2.55. The Morgan fingerprint density at radius 2 is 2.31 bits per heavy atom. The minimum Gasteiger partial charge on any atom is -0.324 e. The Morgan fingerprint density at radius 1 is 1.62 bits per heavy atom.